The molecule has 3 rings (SSSR count). The number of likely N-dealkylation sites (N-methyl/N-ethyl adjacent to an activating group) is 1. The normalized spacial score (nSPS) is 19.3. The van der Waals surface area contributed by atoms with Gasteiger partial charge in [0.2, 0.25) is 0 Å². The SMILES string of the molecule is CC(C)NC(=O)Nc1ccc2c(c1)C(=O)N([C@@H](C)CO)C[C@@H](C)[C@@H](CN(C)S(=O)(=O)c1cccs1)O2. The van der Waals surface area contributed by atoms with Gasteiger partial charge in [0.25, 0.3) is 15.9 Å². The molecule has 0 saturated heterocycles. The molecule has 3 atom stereocenters. The molecule has 12 heteroatoms. The number of aliphatic hydroxyl groups excluding tert-OH is 1. The number of hydrogen-bond acceptors (Lipinski definition) is 7. The van der Waals surface area contributed by atoms with Gasteiger partial charge in [-0.1, -0.05) is 13.0 Å². The molecule has 1 aromatic carbocycles. The molecule has 0 bridgehead atoms. The predicted molar refractivity (Wildman–Crippen MR) is 139 cm³/mol. The van der Waals surface area contributed by atoms with E-state index in [0.717, 1.165) is 11.3 Å². The van der Waals surface area contributed by atoms with Gasteiger partial charge in [0, 0.05) is 31.2 Å². The van der Waals surface area contributed by atoms with Crippen molar-refractivity contribution in [3.8, 4) is 5.75 Å². The smallest absolute Gasteiger partial charge is 0.319 e. The molecule has 0 aliphatic carbocycles. The summed E-state index contributed by atoms with van der Waals surface area (Å²) < 4.78 is 33.8. The maximum atomic E-state index is 13.5. The van der Waals surface area contributed by atoms with Crippen molar-refractivity contribution in [2.24, 2.45) is 5.92 Å². The van der Waals surface area contributed by atoms with E-state index in [1.807, 2.05) is 20.8 Å². The minimum atomic E-state index is -3.70. The zero-order chi connectivity index (χ0) is 26.6. The zero-order valence-electron chi connectivity index (χ0n) is 21.1. The van der Waals surface area contributed by atoms with Gasteiger partial charge >= 0.3 is 6.03 Å². The first-order valence-electron chi connectivity index (χ1n) is 11.7. The van der Waals surface area contributed by atoms with Crippen LogP contribution in [0.4, 0.5) is 10.5 Å². The molecular formula is C24H34N4O6S2. The Hall–Kier alpha value is -2.67. The molecule has 3 amide bonds. The summed E-state index contributed by atoms with van der Waals surface area (Å²) in [7, 11) is -2.19. The molecule has 0 radical (unpaired) electrons. The van der Waals surface area contributed by atoms with Crippen LogP contribution in [0.5, 0.6) is 5.75 Å². The number of nitrogens with zero attached hydrogens (tertiary/aromatic N) is 2. The van der Waals surface area contributed by atoms with Gasteiger partial charge in [-0.15, -0.1) is 11.3 Å². The molecule has 3 N–H and O–H groups in total. The summed E-state index contributed by atoms with van der Waals surface area (Å²) in [4.78, 5) is 27.2. The molecule has 2 aromatic rings. The number of carbonyl (C=O) groups is 2. The number of urea groups is 1. The Morgan fingerprint density at radius 2 is 2.03 bits per heavy atom. The van der Waals surface area contributed by atoms with Crippen LogP contribution in [0.1, 0.15) is 38.1 Å². The van der Waals surface area contributed by atoms with Gasteiger partial charge in [-0.05, 0) is 50.4 Å². The van der Waals surface area contributed by atoms with Crippen LogP contribution in [0.2, 0.25) is 0 Å². The van der Waals surface area contributed by atoms with Crippen molar-refractivity contribution in [2.75, 3.05) is 32.1 Å². The highest BCUT2D eigenvalue weighted by molar-refractivity contribution is 7.91. The number of rotatable bonds is 8. The molecule has 1 aromatic heterocycles. The van der Waals surface area contributed by atoms with Crippen molar-refractivity contribution in [3.63, 3.8) is 0 Å². The highest BCUT2D eigenvalue weighted by atomic mass is 32.2. The first-order chi connectivity index (χ1) is 16.9. The molecule has 10 nitrogen and oxygen atoms in total. The standard InChI is InChI=1S/C24H34N4O6S2/c1-15(2)25-24(31)26-18-8-9-20-19(11-18)23(30)28(17(4)14-29)12-16(3)21(34-20)13-27(5)36(32,33)22-7-6-10-35-22/h6-11,15-17,21,29H,12-14H2,1-5H3,(H2,25,26,31)/t16-,17+,21-/m1/s1. The fourth-order valence-electron chi connectivity index (χ4n) is 3.86. The van der Waals surface area contributed by atoms with Crippen LogP contribution in [0.3, 0.4) is 0 Å². The molecule has 198 valence electrons. The van der Waals surface area contributed by atoms with Crippen LogP contribution in [0.25, 0.3) is 0 Å². The summed E-state index contributed by atoms with van der Waals surface area (Å²) in [5, 5.41) is 17.0. The third-order valence-electron chi connectivity index (χ3n) is 5.94. The Bertz CT molecular complexity index is 1170. The average Bonchev–Trinajstić information content (AvgIpc) is 3.36. The van der Waals surface area contributed by atoms with E-state index in [4.69, 9.17) is 4.74 Å². The number of ether oxygens (including phenoxy) is 1. The zero-order valence-corrected chi connectivity index (χ0v) is 22.7. The number of carbonyl (C=O) groups excluding carboxylic acids is 2. The van der Waals surface area contributed by atoms with Crippen molar-refractivity contribution in [3.05, 3.63) is 41.3 Å². The van der Waals surface area contributed by atoms with E-state index in [1.54, 1.807) is 41.5 Å². The van der Waals surface area contributed by atoms with Gasteiger partial charge in [-0.25, -0.2) is 13.2 Å². The van der Waals surface area contributed by atoms with Crippen LogP contribution in [0.15, 0.2) is 39.9 Å². The van der Waals surface area contributed by atoms with Gasteiger partial charge in [0.15, 0.2) is 0 Å². The average molecular weight is 539 g/mol. The van der Waals surface area contributed by atoms with E-state index < -0.39 is 28.2 Å². The van der Waals surface area contributed by atoms with Gasteiger partial charge in [0.1, 0.15) is 16.1 Å². The van der Waals surface area contributed by atoms with E-state index in [0.29, 0.717) is 5.69 Å². The van der Waals surface area contributed by atoms with Crippen molar-refractivity contribution >= 4 is 39.0 Å². The Labute approximate surface area is 216 Å². The summed E-state index contributed by atoms with van der Waals surface area (Å²) in [6, 6.07) is 7.06. The highest BCUT2D eigenvalue weighted by Gasteiger charge is 2.35. The van der Waals surface area contributed by atoms with Crippen molar-refractivity contribution in [1.29, 1.82) is 0 Å². The van der Waals surface area contributed by atoms with Gasteiger partial charge in [-0.3, -0.25) is 4.79 Å². The second kappa shape index (κ2) is 11.6. The van der Waals surface area contributed by atoms with E-state index in [9.17, 15) is 23.1 Å². The minimum absolute atomic E-state index is 0.0627. The lowest BCUT2D eigenvalue weighted by atomic mass is 9.99. The molecule has 1 aliphatic rings. The summed E-state index contributed by atoms with van der Waals surface area (Å²) in [6.07, 6.45) is -0.576. The van der Waals surface area contributed by atoms with Crippen molar-refractivity contribution in [2.45, 2.75) is 50.1 Å². The first-order valence-corrected chi connectivity index (χ1v) is 14.1. The lowest BCUT2D eigenvalue weighted by molar-refractivity contribution is 0.0387. The summed E-state index contributed by atoms with van der Waals surface area (Å²) in [6.45, 7) is 7.38. The van der Waals surface area contributed by atoms with Gasteiger partial charge in [-0.2, -0.15) is 4.31 Å². The maximum absolute atomic E-state index is 13.5. The third kappa shape index (κ3) is 6.36. The lowest BCUT2D eigenvalue weighted by Crippen LogP contribution is -2.50. The minimum Gasteiger partial charge on any atom is -0.488 e. The number of hydrogen-bond donors (Lipinski definition) is 3. The number of fused-ring (bicyclic) bond motifs is 1. The van der Waals surface area contributed by atoms with Gasteiger partial charge in [0.05, 0.1) is 24.8 Å². The van der Waals surface area contributed by atoms with E-state index in [1.165, 1.54) is 17.4 Å². The number of sulfonamides is 1. The van der Waals surface area contributed by atoms with E-state index in [-0.39, 0.29) is 53.1 Å². The molecular weight excluding hydrogens is 504 g/mol. The number of nitrogens with one attached hydrogen (secondary N) is 2. The third-order valence-corrected chi connectivity index (χ3v) is 9.14. The maximum Gasteiger partial charge on any atom is 0.319 e. The van der Waals surface area contributed by atoms with E-state index >= 15 is 0 Å². The van der Waals surface area contributed by atoms with Crippen molar-refractivity contribution in [1.82, 2.24) is 14.5 Å². The number of amides is 3. The molecule has 36 heavy (non-hydrogen) atoms. The summed E-state index contributed by atoms with van der Waals surface area (Å²) in [5.74, 6) is -0.306. The molecule has 0 saturated carbocycles. The lowest BCUT2D eigenvalue weighted by Gasteiger charge is -2.38. The van der Waals surface area contributed by atoms with Crippen LogP contribution < -0.4 is 15.4 Å². The highest BCUT2D eigenvalue weighted by Crippen LogP contribution is 2.31. The first kappa shape index (κ1) is 27.9. The number of thiophene rings is 1. The Morgan fingerprint density at radius 1 is 1.31 bits per heavy atom. The number of anilines is 1. The van der Waals surface area contributed by atoms with Crippen molar-refractivity contribution < 1.29 is 27.9 Å². The Morgan fingerprint density at radius 3 is 2.64 bits per heavy atom. The largest absolute Gasteiger partial charge is 0.488 e. The Balaban J connectivity index is 1.94. The topological polar surface area (TPSA) is 128 Å². The summed E-state index contributed by atoms with van der Waals surface area (Å²) >= 11 is 1.14. The van der Waals surface area contributed by atoms with Crippen LogP contribution >= 0.6 is 11.3 Å². The fourth-order valence-corrected chi connectivity index (χ4v) is 6.25. The predicted octanol–water partition coefficient (Wildman–Crippen LogP) is 2.82. The molecule has 0 unspecified atom stereocenters. The fraction of sp³-hybridized carbons (Fsp3) is 0.500. The molecule has 2 heterocycles. The second-order valence-corrected chi connectivity index (χ2v) is 12.5. The second-order valence-electron chi connectivity index (χ2n) is 9.30. The molecule has 0 fully saturated rings. The quantitative estimate of drug-likeness (QED) is 0.474. The number of benzene rings is 1. The monoisotopic (exact) mass is 538 g/mol. The van der Waals surface area contributed by atoms with Crippen LogP contribution in [-0.4, -0.2) is 79.6 Å². The number of aliphatic hydroxyl groups is 1. The Kier molecular flexibility index (Phi) is 8.98. The van der Waals surface area contributed by atoms with Gasteiger partial charge < -0.3 is 25.4 Å². The molecule has 1 aliphatic heterocycles. The summed E-state index contributed by atoms with van der Waals surface area (Å²) in [5.41, 5.74) is 0.626. The van der Waals surface area contributed by atoms with E-state index in [2.05, 4.69) is 10.6 Å². The van der Waals surface area contributed by atoms with Crippen LogP contribution in [-0.2, 0) is 10.0 Å². The molecule has 0 spiro atoms. The van der Waals surface area contributed by atoms with Crippen LogP contribution in [0, 0.1) is 5.92 Å².